The van der Waals surface area contributed by atoms with Gasteiger partial charge in [0, 0.05) is 20.2 Å². The van der Waals surface area contributed by atoms with Crippen LogP contribution in [0.3, 0.4) is 0 Å². The molecule has 1 aliphatic heterocycles. The SMILES string of the molecule is COC1CNCC1NC(=O)c1scnc1C.Cl.Cl. The van der Waals surface area contributed by atoms with Crippen LogP contribution >= 0.6 is 36.2 Å². The Morgan fingerprint density at radius 3 is 2.83 bits per heavy atom. The van der Waals surface area contributed by atoms with E-state index in [0.29, 0.717) is 4.88 Å². The minimum absolute atomic E-state index is 0. The summed E-state index contributed by atoms with van der Waals surface area (Å²) in [5.74, 6) is -0.0595. The van der Waals surface area contributed by atoms with Gasteiger partial charge in [-0.15, -0.1) is 36.2 Å². The standard InChI is InChI=1S/C10H15N3O2S.2ClH/c1-6-9(16-5-12-6)10(14)13-7-3-11-4-8(7)15-2;;/h5,7-8,11H,3-4H2,1-2H3,(H,13,14);2*1H. The Morgan fingerprint density at radius 2 is 2.28 bits per heavy atom. The summed E-state index contributed by atoms with van der Waals surface area (Å²) in [6, 6.07) is 0.0407. The van der Waals surface area contributed by atoms with Crippen molar-refractivity contribution < 1.29 is 9.53 Å². The molecule has 0 saturated carbocycles. The molecule has 0 bridgehead atoms. The van der Waals surface area contributed by atoms with E-state index in [0.717, 1.165) is 18.8 Å². The van der Waals surface area contributed by atoms with Crippen molar-refractivity contribution in [3.8, 4) is 0 Å². The van der Waals surface area contributed by atoms with E-state index in [4.69, 9.17) is 4.74 Å². The van der Waals surface area contributed by atoms with Gasteiger partial charge in [0.15, 0.2) is 0 Å². The zero-order valence-corrected chi connectivity index (χ0v) is 12.6. The topological polar surface area (TPSA) is 63.2 Å². The summed E-state index contributed by atoms with van der Waals surface area (Å²) < 4.78 is 5.28. The number of thiazole rings is 1. The summed E-state index contributed by atoms with van der Waals surface area (Å²) in [4.78, 5) is 16.7. The molecule has 1 amide bonds. The van der Waals surface area contributed by atoms with Gasteiger partial charge in [-0.25, -0.2) is 4.98 Å². The lowest BCUT2D eigenvalue weighted by Crippen LogP contribution is -2.43. The van der Waals surface area contributed by atoms with Crippen LogP contribution in [0.2, 0.25) is 0 Å². The van der Waals surface area contributed by atoms with Gasteiger partial charge in [-0.1, -0.05) is 0 Å². The molecule has 1 aliphatic rings. The third kappa shape index (κ3) is 3.80. The van der Waals surface area contributed by atoms with Crippen molar-refractivity contribution in [1.82, 2.24) is 15.6 Å². The fraction of sp³-hybridized carbons (Fsp3) is 0.600. The van der Waals surface area contributed by atoms with Crippen LogP contribution in [0.1, 0.15) is 15.4 Å². The number of aryl methyl sites for hydroxylation is 1. The van der Waals surface area contributed by atoms with Crippen molar-refractivity contribution in [2.24, 2.45) is 0 Å². The predicted molar refractivity (Wildman–Crippen MR) is 76.3 cm³/mol. The largest absolute Gasteiger partial charge is 0.378 e. The lowest BCUT2D eigenvalue weighted by molar-refractivity contribution is 0.0782. The molecule has 2 heterocycles. The van der Waals surface area contributed by atoms with Gasteiger partial charge < -0.3 is 15.4 Å². The average molecular weight is 314 g/mol. The van der Waals surface area contributed by atoms with Gasteiger partial charge in [-0.3, -0.25) is 4.79 Å². The quantitative estimate of drug-likeness (QED) is 0.874. The Morgan fingerprint density at radius 1 is 1.56 bits per heavy atom. The molecule has 2 N–H and O–H groups in total. The number of hydrogen-bond acceptors (Lipinski definition) is 5. The molecule has 1 aromatic heterocycles. The van der Waals surface area contributed by atoms with Crippen molar-refractivity contribution in [3.05, 3.63) is 16.1 Å². The molecule has 8 heteroatoms. The van der Waals surface area contributed by atoms with Crippen LogP contribution in [0, 0.1) is 6.92 Å². The van der Waals surface area contributed by atoms with Gasteiger partial charge in [-0.2, -0.15) is 0 Å². The number of methoxy groups -OCH3 is 1. The molecule has 1 saturated heterocycles. The molecule has 0 aliphatic carbocycles. The van der Waals surface area contributed by atoms with Crippen LogP contribution in [0.25, 0.3) is 0 Å². The molecule has 104 valence electrons. The first kappa shape index (κ1) is 17.6. The number of carbonyl (C=O) groups is 1. The van der Waals surface area contributed by atoms with Gasteiger partial charge in [0.05, 0.1) is 23.4 Å². The number of hydrogen-bond donors (Lipinski definition) is 2. The number of amides is 1. The van der Waals surface area contributed by atoms with Crippen molar-refractivity contribution in [2.75, 3.05) is 20.2 Å². The van der Waals surface area contributed by atoms with Gasteiger partial charge in [0.2, 0.25) is 0 Å². The zero-order chi connectivity index (χ0) is 11.5. The molecule has 0 aromatic carbocycles. The van der Waals surface area contributed by atoms with E-state index in [1.165, 1.54) is 11.3 Å². The first-order valence-corrected chi connectivity index (χ1v) is 6.04. The second-order valence-electron chi connectivity index (χ2n) is 3.78. The maximum atomic E-state index is 11.9. The highest BCUT2D eigenvalue weighted by molar-refractivity contribution is 7.11. The predicted octanol–water partition coefficient (Wildman–Crippen LogP) is 1.01. The summed E-state index contributed by atoms with van der Waals surface area (Å²) in [6.07, 6.45) is 0.0529. The molecule has 0 radical (unpaired) electrons. The third-order valence-electron chi connectivity index (χ3n) is 2.73. The molecular formula is C10H17Cl2N3O2S. The second-order valence-corrected chi connectivity index (χ2v) is 4.63. The van der Waals surface area contributed by atoms with Crippen LogP contribution in [0.5, 0.6) is 0 Å². The molecular weight excluding hydrogens is 297 g/mol. The van der Waals surface area contributed by atoms with Crippen molar-refractivity contribution in [2.45, 2.75) is 19.1 Å². The molecule has 1 fully saturated rings. The summed E-state index contributed by atoms with van der Waals surface area (Å²) >= 11 is 1.37. The minimum Gasteiger partial charge on any atom is -0.378 e. The van der Waals surface area contributed by atoms with Gasteiger partial charge in [0.1, 0.15) is 4.88 Å². The van der Waals surface area contributed by atoms with E-state index >= 15 is 0 Å². The monoisotopic (exact) mass is 313 g/mol. The van der Waals surface area contributed by atoms with Crippen molar-refractivity contribution in [3.63, 3.8) is 0 Å². The number of aromatic nitrogens is 1. The van der Waals surface area contributed by atoms with E-state index in [1.54, 1.807) is 12.6 Å². The fourth-order valence-corrected chi connectivity index (χ4v) is 2.51. The average Bonchev–Trinajstić information content (AvgIpc) is 2.86. The van der Waals surface area contributed by atoms with E-state index in [2.05, 4.69) is 15.6 Å². The van der Waals surface area contributed by atoms with Crippen molar-refractivity contribution >= 4 is 42.1 Å². The maximum absolute atomic E-state index is 11.9. The number of rotatable bonds is 3. The first-order valence-electron chi connectivity index (χ1n) is 5.17. The van der Waals surface area contributed by atoms with E-state index in [9.17, 15) is 4.79 Å². The Kier molecular flexibility index (Phi) is 7.73. The molecule has 0 spiro atoms. The van der Waals surface area contributed by atoms with E-state index in [-0.39, 0.29) is 42.9 Å². The second kappa shape index (κ2) is 7.91. The smallest absolute Gasteiger partial charge is 0.263 e. The number of ether oxygens (including phenoxy) is 1. The van der Waals surface area contributed by atoms with Gasteiger partial charge in [0.25, 0.3) is 5.91 Å². The summed E-state index contributed by atoms with van der Waals surface area (Å²) in [5, 5.41) is 6.15. The zero-order valence-electron chi connectivity index (χ0n) is 10.1. The fourth-order valence-electron chi connectivity index (χ4n) is 1.80. The van der Waals surface area contributed by atoms with Crippen LogP contribution in [0.4, 0.5) is 0 Å². The highest BCUT2D eigenvalue weighted by Crippen LogP contribution is 2.13. The highest BCUT2D eigenvalue weighted by atomic mass is 35.5. The lowest BCUT2D eigenvalue weighted by Gasteiger charge is -2.18. The first-order chi connectivity index (χ1) is 7.72. The molecule has 2 rings (SSSR count). The van der Waals surface area contributed by atoms with Gasteiger partial charge >= 0.3 is 0 Å². The molecule has 1 aromatic rings. The number of nitrogens with zero attached hydrogens (tertiary/aromatic N) is 1. The molecule has 18 heavy (non-hydrogen) atoms. The normalized spacial score (nSPS) is 21.9. The molecule has 5 nitrogen and oxygen atoms in total. The molecule has 2 unspecified atom stereocenters. The number of nitrogens with one attached hydrogen (secondary N) is 2. The Labute approximate surface area is 123 Å². The number of halogens is 2. The Bertz CT molecular complexity index is 389. The van der Waals surface area contributed by atoms with E-state index in [1.807, 2.05) is 6.92 Å². The summed E-state index contributed by atoms with van der Waals surface area (Å²) in [6.45, 7) is 3.37. The van der Waals surface area contributed by atoms with Crippen LogP contribution in [-0.4, -0.2) is 43.2 Å². The van der Waals surface area contributed by atoms with Crippen LogP contribution in [-0.2, 0) is 4.74 Å². The number of carbonyl (C=O) groups excluding carboxylic acids is 1. The van der Waals surface area contributed by atoms with Crippen LogP contribution < -0.4 is 10.6 Å². The lowest BCUT2D eigenvalue weighted by atomic mass is 10.2. The third-order valence-corrected chi connectivity index (χ3v) is 3.66. The van der Waals surface area contributed by atoms with E-state index < -0.39 is 0 Å². The minimum atomic E-state index is -0.0595. The van der Waals surface area contributed by atoms with Gasteiger partial charge in [-0.05, 0) is 6.92 Å². The highest BCUT2D eigenvalue weighted by Gasteiger charge is 2.29. The Hall–Kier alpha value is -0.400. The molecule has 2 atom stereocenters. The summed E-state index contributed by atoms with van der Waals surface area (Å²) in [5.41, 5.74) is 2.47. The van der Waals surface area contributed by atoms with Crippen LogP contribution in [0.15, 0.2) is 5.51 Å². The maximum Gasteiger partial charge on any atom is 0.263 e. The van der Waals surface area contributed by atoms with Crippen molar-refractivity contribution in [1.29, 1.82) is 0 Å². The Balaban J connectivity index is 0.00000144. The summed E-state index contributed by atoms with van der Waals surface area (Å²) in [7, 11) is 1.66.